The number of aliphatic hydroxyl groups excluding tert-OH is 2. The number of benzene rings is 1. The van der Waals surface area contributed by atoms with Gasteiger partial charge in [-0.1, -0.05) is 37.3 Å². The maximum atomic E-state index is 12.1. The van der Waals surface area contributed by atoms with E-state index in [0.29, 0.717) is 55.7 Å². The van der Waals surface area contributed by atoms with Gasteiger partial charge >= 0.3 is 31.7 Å². The molecule has 0 spiro atoms. The average molecular weight is 892 g/mol. The molecule has 0 saturated carbocycles. The number of likely N-dealkylation sites (N-methyl/N-ethyl adjacent to an activating group) is 1. The Morgan fingerprint density at radius 3 is 1.82 bits per heavy atom. The maximum Gasteiger partial charge on any atom is 0.330 e. The fourth-order valence-corrected chi connectivity index (χ4v) is 30.4. The molecular formula is C39H79N2O11Si5+. The van der Waals surface area contributed by atoms with Gasteiger partial charge in [-0.15, -0.1) is 0 Å². The molecule has 57 heavy (non-hydrogen) atoms. The van der Waals surface area contributed by atoms with Crippen LogP contribution < -0.4 is 5.32 Å². The zero-order valence-electron chi connectivity index (χ0n) is 37.6. The fraction of sp³-hybridized carbons (Fsp3) is 0.744. The van der Waals surface area contributed by atoms with Crippen LogP contribution in [0, 0.1) is 0 Å². The van der Waals surface area contributed by atoms with Gasteiger partial charge in [0.15, 0.2) is 16.6 Å². The van der Waals surface area contributed by atoms with Gasteiger partial charge < -0.3 is 50.7 Å². The molecule has 0 aliphatic carbocycles. The van der Waals surface area contributed by atoms with Crippen LogP contribution >= 0.6 is 0 Å². The van der Waals surface area contributed by atoms with Crippen LogP contribution in [0.2, 0.25) is 77.6 Å². The summed E-state index contributed by atoms with van der Waals surface area (Å²) in [5.41, 5.74) is 0.884. The smallest absolute Gasteiger partial charge is 0.330 e. The van der Waals surface area contributed by atoms with Crippen molar-refractivity contribution >= 4 is 60.3 Å². The number of aliphatic hydroxyl groups is 2. The first-order valence-corrected chi connectivity index (χ1v) is 35.2. The maximum absolute atomic E-state index is 12.1. The lowest BCUT2D eigenvalue weighted by Crippen LogP contribution is -2.60. The first-order chi connectivity index (χ1) is 26.2. The van der Waals surface area contributed by atoms with Crippen LogP contribution in [-0.2, 0) is 40.3 Å². The molecule has 4 unspecified atom stereocenters. The summed E-state index contributed by atoms with van der Waals surface area (Å²) in [6, 6.07) is 10.8. The van der Waals surface area contributed by atoms with E-state index in [1.165, 1.54) is 6.08 Å². The molecule has 3 N–H and O–H groups in total. The van der Waals surface area contributed by atoms with Crippen molar-refractivity contribution in [1.82, 2.24) is 5.32 Å². The summed E-state index contributed by atoms with van der Waals surface area (Å²) >= 11 is 0. The molecule has 0 radical (unpaired) electrons. The molecule has 0 aliphatic heterocycles. The topological polar surface area (TPSA) is 151 Å². The standard InChI is InChI=1S/C39H78N2O11Si5/c1-14-38(44)40-25-18-26-41(2,3)31-36(42)32-46-27-19-29-56(12,50-54(7,8)9)52-57(13,51-55(10,11)49-53(4,5)6)30-20-28-47-33-37(43)34-48-39(45)24-23-35-21-16-15-17-22-35/h15-17,21-24,36-37,42-43H,14,18-20,25-34H2,1-13H3/p+1. The summed E-state index contributed by atoms with van der Waals surface area (Å²) in [5, 5.41) is 24.1. The van der Waals surface area contributed by atoms with Crippen molar-refractivity contribution in [3.63, 3.8) is 0 Å². The van der Waals surface area contributed by atoms with Crippen LogP contribution in [0.5, 0.6) is 0 Å². The summed E-state index contributed by atoms with van der Waals surface area (Å²) < 4.78 is 45.3. The van der Waals surface area contributed by atoms with E-state index < -0.39 is 60.5 Å². The third-order valence-corrected chi connectivity index (χ3v) is 26.6. The highest BCUT2D eigenvalue weighted by molar-refractivity contribution is 6.90. The molecule has 330 valence electrons. The number of amides is 1. The third kappa shape index (κ3) is 27.9. The summed E-state index contributed by atoms with van der Waals surface area (Å²) in [4.78, 5) is 23.6. The van der Waals surface area contributed by atoms with Gasteiger partial charge in [0.05, 0.1) is 33.9 Å². The molecule has 1 amide bonds. The zero-order chi connectivity index (χ0) is 43.4. The zero-order valence-corrected chi connectivity index (χ0v) is 42.6. The van der Waals surface area contributed by atoms with E-state index in [1.54, 1.807) is 6.08 Å². The number of ether oxygens (including phenoxy) is 3. The number of nitrogens with one attached hydrogen (secondary N) is 1. The van der Waals surface area contributed by atoms with E-state index >= 15 is 0 Å². The molecule has 1 aromatic carbocycles. The van der Waals surface area contributed by atoms with Crippen LogP contribution in [0.25, 0.3) is 6.08 Å². The number of hydrogen-bond acceptors (Lipinski definition) is 11. The van der Waals surface area contributed by atoms with Gasteiger partial charge in [0, 0.05) is 38.7 Å². The molecule has 13 nitrogen and oxygen atoms in total. The lowest BCUT2D eigenvalue weighted by Gasteiger charge is -2.44. The summed E-state index contributed by atoms with van der Waals surface area (Å²) in [6.45, 7) is 26.3. The van der Waals surface area contributed by atoms with Gasteiger partial charge in [-0.2, -0.15) is 0 Å². The Morgan fingerprint density at radius 2 is 1.28 bits per heavy atom. The predicted octanol–water partition coefficient (Wildman–Crippen LogP) is 6.35. The van der Waals surface area contributed by atoms with Crippen molar-refractivity contribution in [2.24, 2.45) is 0 Å². The quantitative estimate of drug-likeness (QED) is 0.0252. The Hall–Kier alpha value is -1.38. The monoisotopic (exact) mass is 891 g/mol. The van der Waals surface area contributed by atoms with Crippen molar-refractivity contribution in [3.8, 4) is 0 Å². The number of quaternary nitrogens is 1. The van der Waals surface area contributed by atoms with Gasteiger partial charge in [-0.25, -0.2) is 4.79 Å². The number of rotatable bonds is 31. The molecule has 0 saturated heterocycles. The van der Waals surface area contributed by atoms with Crippen molar-refractivity contribution in [1.29, 1.82) is 0 Å². The highest BCUT2D eigenvalue weighted by atomic mass is 28.5. The fourth-order valence-electron chi connectivity index (χ4n) is 6.64. The third-order valence-electron chi connectivity index (χ3n) is 8.35. The summed E-state index contributed by atoms with van der Waals surface area (Å²) in [5.74, 6) is -0.473. The Balaban J connectivity index is 2.82. The Bertz CT molecular complexity index is 1330. The normalized spacial score (nSPS) is 16.2. The first-order valence-electron chi connectivity index (χ1n) is 20.6. The summed E-state index contributed by atoms with van der Waals surface area (Å²) in [7, 11) is -8.07. The first kappa shape index (κ1) is 53.6. The van der Waals surface area contributed by atoms with E-state index in [9.17, 15) is 19.8 Å². The molecule has 0 aromatic heterocycles. The molecule has 0 aliphatic rings. The average Bonchev–Trinajstić information content (AvgIpc) is 3.05. The van der Waals surface area contributed by atoms with E-state index in [0.717, 1.165) is 24.9 Å². The van der Waals surface area contributed by atoms with Crippen LogP contribution in [0.1, 0.15) is 38.2 Å². The minimum atomic E-state index is -2.91. The number of nitrogens with zero attached hydrogens (tertiary/aromatic N) is 1. The number of esters is 1. The van der Waals surface area contributed by atoms with Crippen molar-refractivity contribution < 1.29 is 55.0 Å². The van der Waals surface area contributed by atoms with E-state index in [-0.39, 0.29) is 25.7 Å². The highest BCUT2D eigenvalue weighted by Gasteiger charge is 2.48. The van der Waals surface area contributed by atoms with Crippen molar-refractivity contribution in [2.45, 2.75) is 122 Å². The highest BCUT2D eigenvalue weighted by Crippen LogP contribution is 2.32. The predicted molar refractivity (Wildman–Crippen MR) is 240 cm³/mol. The van der Waals surface area contributed by atoms with E-state index in [4.69, 9.17) is 30.7 Å². The van der Waals surface area contributed by atoms with Crippen molar-refractivity contribution in [3.05, 3.63) is 42.0 Å². The number of carbonyl (C=O) groups excluding carboxylic acids is 2. The second-order valence-corrected chi connectivity index (χ2v) is 38.3. The molecule has 0 fully saturated rings. The molecule has 1 aromatic rings. The Labute approximate surface area is 350 Å². The molecule has 18 heteroatoms. The largest absolute Gasteiger partial charge is 0.460 e. The van der Waals surface area contributed by atoms with Gasteiger partial charge in [0.25, 0.3) is 0 Å². The lowest BCUT2D eigenvalue weighted by molar-refractivity contribution is -0.893. The Morgan fingerprint density at radius 1 is 0.737 bits per heavy atom. The summed E-state index contributed by atoms with van der Waals surface area (Å²) in [6.07, 6.45) is 4.14. The van der Waals surface area contributed by atoms with Gasteiger partial charge in [0.1, 0.15) is 25.4 Å². The Kier molecular flexibility index (Phi) is 23.9. The molecule has 0 heterocycles. The SMILES string of the molecule is CCC(=O)NCCC[N+](C)(C)CC(O)COCCC[Si](C)(O[Si](C)(C)C)O[Si](C)(CCCOCC(O)COC(=O)C=Cc1ccccc1)O[Si](C)(C)O[Si](C)(C)C. The number of carbonyl (C=O) groups is 2. The van der Waals surface area contributed by atoms with Crippen molar-refractivity contribution in [2.75, 3.05) is 66.8 Å². The lowest BCUT2D eigenvalue weighted by atomic mass is 10.2. The van der Waals surface area contributed by atoms with Gasteiger partial charge in [-0.3, -0.25) is 4.79 Å². The van der Waals surface area contributed by atoms with E-state index in [2.05, 4.69) is 84.9 Å². The van der Waals surface area contributed by atoms with Crippen LogP contribution in [0.15, 0.2) is 36.4 Å². The molecular weight excluding hydrogens is 813 g/mol. The van der Waals surface area contributed by atoms with Gasteiger partial charge in [-0.05, 0) is 102 Å². The molecule has 0 bridgehead atoms. The number of hydrogen-bond donors (Lipinski definition) is 3. The molecule has 1 rings (SSSR count). The second-order valence-electron chi connectivity index (χ2n) is 18.2. The minimum absolute atomic E-state index is 0.0315. The minimum Gasteiger partial charge on any atom is -0.460 e. The molecule has 4 atom stereocenters. The van der Waals surface area contributed by atoms with Crippen LogP contribution in [0.4, 0.5) is 0 Å². The van der Waals surface area contributed by atoms with Crippen LogP contribution in [-0.4, -0.2) is 148 Å². The second kappa shape index (κ2) is 25.4. The van der Waals surface area contributed by atoms with Gasteiger partial charge in [0.2, 0.25) is 5.91 Å². The van der Waals surface area contributed by atoms with Crippen LogP contribution in [0.3, 0.4) is 0 Å². The van der Waals surface area contributed by atoms with E-state index in [1.807, 2.05) is 37.3 Å².